The van der Waals surface area contributed by atoms with Gasteiger partial charge in [0.2, 0.25) is 0 Å². The van der Waals surface area contributed by atoms with Crippen LogP contribution < -0.4 is 0 Å². The molecule has 0 radical (unpaired) electrons. The fourth-order valence-corrected chi connectivity index (χ4v) is 3.58. The Kier molecular flexibility index (Phi) is 9.80. The van der Waals surface area contributed by atoms with E-state index >= 15 is 0 Å². The van der Waals surface area contributed by atoms with E-state index in [0.717, 1.165) is 0 Å². The van der Waals surface area contributed by atoms with Crippen molar-refractivity contribution in [2.24, 2.45) is 0 Å². The van der Waals surface area contributed by atoms with Crippen LogP contribution in [0.2, 0.25) is 0 Å². The lowest BCUT2D eigenvalue weighted by molar-refractivity contribution is -0.383. The first kappa shape index (κ1) is 36.6. The molecule has 26 heteroatoms. The smallest absolute Gasteiger partial charge is 0.265 e. The first-order chi connectivity index (χ1) is 16.2. The quantitative estimate of drug-likeness (QED) is 0.152. The molecule has 0 atom stereocenters. The van der Waals surface area contributed by atoms with E-state index < -0.39 is 92.8 Å². The van der Waals surface area contributed by atoms with Gasteiger partial charge in [0.05, 0.1) is 13.2 Å². The van der Waals surface area contributed by atoms with E-state index in [0.29, 0.717) is 0 Å². The third-order valence-electron chi connectivity index (χ3n) is 3.88. The second-order valence-electron chi connectivity index (χ2n) is 6.59. The molecule has 0 heterocycles. The molecule has 0 saturated carbocycles. The van der Waals surface area contributed by atoms with Crippen molar-refractivity contribution in [1.82, 2.24) is 0 Å². The van der Waals surface area contributed by atoms with Crippen molar-refractivity contribution in [2.45, 2.75) is 59.4 Å². The molecule has 0 rings (SSSR count). The summed E-state index contributed by atoms with van der Waals surface area (Å²) in [6.45, 7) is -3.93. The topological polar surface area (TPSA) is 86.7 Å². The molecule has 0 aromatic rings. The van der Waals surface area contributed by atoms with Crippen LogP contribution in [-0.4, -0.2) is 76.6 Å². The van der Waals surface area contributed by atoms with Gasteiger partial charge in [-0.05, 0) is 12.8 Å². The van der Waals surface area contributed by atoms with Crippen molar-refractivity contribution in [3.8, 4) is 0 Å². The van der Waals surface area contributed by atoms with E-state index in [1.165, 1.54) is 0 Å². The summed E-state index contributed by atoms with van der Waals surface area (Å²) >= 11 is 0. The van der Waals surface area contributed by atoms with Crippen LogP contribution in [0.4, 0.5) is 79.0 Å². The van der Waals surface area contributed by atoms with Crippen LogP contribution in [0.3, 0.4) is 0 Å². The molecule has 230 valence electrons. The van der Waals surface area contributed by atoms with Gasteiger partial charge in [-0.15, -0.1) is 0 Å². The summed E-state index contributed by atoms with van der Waals surface area (Å²) in [6.07, 6.45) is -17.6. The zero-order chi connectivity index (χ0) is 31.2. The van der Waals surface area contributed by atoms with Crippen LogP contribution in [0.5, 0.6) is 0 Å². The lowest BCUT2D eigenvalue weighted by atomic mass is 10.1. The van der Waals surface area contributed by atoms with E-state index in [9.17, 15) is 95.9 Å². The largest absolute Gasteiger partial charge is 0.460 e. The molecule has 0 aliphatic rings. The van der Waals surface area contributed by atoms with Gasteiger partial charge in [-0.3, -0.25) is 8.37 Å². The van der Waals surface area contributed by atoms with Gasteiger partial charge >= 0.3 is 66.8 Å². The molecular formula is C12H8F18O6S2. The minimum atomic E-state index is -7.69. The third kappa shape index (κ3) is 5.85. The van der Waals surface area contributed by atoms with E-state index in [1.807, 2.05) is 0 Å². The van der Waals surface area contributed by atoms with Crippen molar-refractivity contribution in [2.75, 3.05) is 13.2 Å². The number of unbranched alkanes of at least 4 members (excludes halogenated alkanes) is 1. The molecule has 0 aliphatic heterocycles. The predicted molar refractivity (Wildman–Crippen MR) is 80.8 cm³/mol. The molecule has 0 amide bonds. The number of hydrogen-bond donors (Lipinski definition) is 0. The Morgan fingerprint density at radius 3 is 0.789 bits per heavy atom. The molecule has 0 N–H and O–H groups in total. The molecular weight excluding hydrogens is 646 g/mol. The van der Waals surface area contributed by atoms with E-state index in [-0.39, 0.29) is 0 Å². The third-order valence-corrected chi connectivity index (χ3v) is 6.60. The summed E-state index contributed by atoms with van der Waals surface area (Å²) in [7, 11) is -14.8. The molecule has 0 bridgehead atoms. The van der Waals surface area contributed by atoms with Crippen molar-refractivity contribution in [3.63, 3.8) is 0 Å². The summed E-state index contributed by atoms with van der Waals surface area (Å²) in [5, 5.41) is -14.6. The van der Waals surface area contributed by atoms with E-state index in [4.69, 9.17) is 0 Å². The average Bonchev–Trinajstić information content (AvgIpc) is 2.67. The van der Waals surface area contributed by atoms with Gasteiger partial charge in [0.15, 0.2) is 0 Å². The highest BCUT2D eigenvalue weighted by molar-refractivity contribution is 7.88. The molecule has 0 aliphatic carbocycles. The molecule has 0 saturated heterocycles. The van der Waals surface area contributed by atoms with E-state index in [1.54, 1.807) is 0 Å². The molecule has 38 heavy (non-hydrogen) atoms. The molecule has 0 spiro atoms. The molecule has 0 unspecified atom stereocenters. The molecule has 0 aromatic carbocycles. The van der Waals surface area contributed by atoms with Gasteiger partial charge in [-0.1, -0.05) is 0 Å². The highest BCUT2D eigenvalue weighted by atomic mass is 32.2. The number of alkyl halides is 18. The molecule has 0 fully saturated rings. The Bertz CT molecular complexity index is 959. The summed E-state index contributed by atoms with van der Waals surface area (Å²) < 4.78 is 278. The maximum absolute atomic E-state index is 13.3. The van der Waals surface area contributed by atoms with Gasteiger partial charge in [0.1, 0.15) is 0 Å². The number of rotatable bonds is 13. The van der Waals surface area contributed by atoms with Crippen LogP contribution in [0.1, 0.15) is 12.8 Å². The normalized spacial score (nSPS) is 16.2. The van der Waals surface area contributed by atoms with Crippen molar-refractivity contribution < 1.29 is 104 Å². The Hall–Kier alpha value is -1.44. The second-order valence-corrected chi connectivity index (χ2v) is 9.90. The lowest BCUT2D eigenvalue weighted by Gasteiger charge is -2.32. The average molecular weight is 654 g/mol. The number of hydrogen-bond acceptors (Lipinski definition) is 6. The monoisotopic (exact) mass is 654 g/mol. The van der Waals surface area contributed by atoms with Gasteiger partial charge in [0, 0.05) is 0 Å². The van der Waals surface area contributed by atoms with Gasteiger partial charge < -0.3 is 0 Å². The summed E-state index contributed by atoms with van der Waals surface area (Å²) in [4.78, 5) is 0. The highest BCUT2D eigenvalue weighted by Crippen LogP contribution is 2.56. The van der Waals surface area contributed by atoms with Crippen LogP contribution >= 0.6 is 0 Å². The van der Waals surface area contributed by atoms with Gasteiger partial charge in [-0.25, -0.2) is 0 Å². The summed E-state index contributed by atoms with van der Waals surface area (Å²) in [5.74, 6) is -30.7. The van der Waals surface area contributed by atoms with Crippen molar-refractivity contribution in [1.29, 1.82) is 0 Å². The zero-order valence-corrected chi connectivity index (χ0v) is 18.5. The van der Waals surface area contributed by atoms with Gasteiger partial charge in [-0.2, -0.15) is 95.9 Å². The van der Waals surface area contributed by atoms with Crippen LogP contribution in [0.15, 0.2) is 0 Å². The fraction of sp³-hybridized carbons (Fsp3) is 1.00. The maximum atomic E-state index is 13.3. The maximum Gasteiger partial charge on any atom is 0.460 e. The van der Waals surface area contributed by atoms with Crippen LogP contribution in [0.25, 0.3) is 0 Å². The lowest BCUT2D eigenvalue weighted by Crippen LogP contribution is -2.63. The molecule has 6 nitrogen and oxygen atoms in total. The Morgan fingerprint density at radius 1 is 0.395 bits per heavy atom. The Balaban J connectivity index is 5.37. The summed E-state index contributed by atoms with van der Waals surface area (Å²) in [6, 6.07) is 0. The first-order valence-corrected chi connectivity index (χ1v) is 11.2. The Morgan fingerprint density at radius 2 is 0.605 bits per heavy atom. The van der Waals surface area contributed by atoms with Crippen LogP contribution in [0, 0.1) is 0 Å². The van der Waals surface area contributed by atoms with Crippen LogP contribution in [-0.2, 0) is 28.6 Å². The summed E-state index contributed by atoms with van der Waals surface area (Å²) in [5.41, 5.74) is 0. The zero-order valence-electron chi connectivity index (χ0n) is 16.9. The van der Waals surface area contributed by atoms with E-state index in [2.05, 4.69) is 8.37 Å². The molecule has 0 aromatic heterocycles. The predicted octanol–water partition coefficient (Wildman–Crippen LogP) is 5.31. The van der Waals surface area contributed by atoms with Crippen molar-refractivity contribution in [3.05, 3.63) is 0 Å². The second kappa shape index (κ2) is 10.2. The highest BCUT2D eigenvalue weighted by Gasteiger charge is 2.87. The SMILES string of the molecule is O=S(=O)(OCCCCOS(=O)(=O)C(F)(F)C(F)(F)C(F)(F)C(F)(F)F)C(F)(F)C(F)(F)C(F)(F)C(F)(F)F. The fourth-order valence-electron chi connectivity index (χ4n) is 1.72. The Labute approximate surface area is 198 Å². The van der Waals surface area contributed by atoms with Crippen molar-refractivity contribution >= 4 is 20.2 Å². The van der Waals surface area contributed by atoms with Gasteiger partial charge in [0.25, 0.3) is 0 Å². The standard InChI is InChI=1S/C12H8F18O6S2/c13-5(14,9(21,22)23)7(17,18)11(27,28)37(31,32)35-3-1-2-4-36-38(33,34)12(29,30)8(19,20)6(15,16)10(24,25)26/h1-4H2. The first-order valence-electron chi connectivity index (χ1n) is 8.39. The minimum absolute atomic E-state index is 1.38. The number of halogens is 18. The minimum Gasteiger partial charge on any atom is -0.265 e.